The zero-order valence-electron chi connectivity index (χ0n) is 18.8. The number of hydrogen-bond donors (Lipinski definition) is 0. The molecule has 2 aromatic carbocycles. The Balaban J connectivity index is 1.99. The van der Waals surface area contributed by atoms with Gasteiger partial charge < -0.3 is 9.47 Å². The lowest BCUT2D eigenvalue weighted by atomic mass is 9.95. The summed E-state index contributed by atoms with van der Waals surface area (Å²) in [6.45, 7) is 4.25. The highest BCUT2D eigenvalue weighted by molar-refractivity contribution is 7.07. The van der Waals surface area contributed by atoms with Crippen LogP contribution < -0.4 is 19.6 Å². The number of ether oxygens (including phenoxy) is 2. The summed E-state index contributed by atoms with van der Waals surface area (Å²) in [6.07, 6.45) is 2.50. The normalized spacial score (nSPS) is 15.7. The van der Waals surface area contributed by atoms with Crippen LogP contribution in [-0.2, 0) is 9.53 Å². The van der Waals surface area contributed by atoms with Crippen molar-refractivity contribution in [1.82, 2.24) is 4.57 Å². The first-order valence-electron chi connectivity index (χ1n) is 10.6. The largest absolute Gasteiger partial charge is 0.493 e. The van der Waals surface area contributed by atoms with Gasteiger partial charge in [0.25, 0.3) is 5.56 Å². The minimum Gasteiger partial charge on any atom is -0.493 e. The number of methoxy groups -OCH3 is 1. The van der Waals surface area contributed by atoms with E-state index in [1.54, 1.807) is 31.2 Å². The number of fused-ring (bicyclic) bond motifs is 1. The van der Waals surface area contributed by atoms with Gasteiger partial charge in [0.05, 0.1) is 39.6 Å². The first kappa shape index (κ1) is 24.3. The van der Waals surface area contributed by atoms with E-state index in [-0.39, 0.29) is 11.1 Å². The van der Waals surface area contributed by atoms with Crippen LogP contribution in [0, 0.1) is 0 Å². The van der Waals surface area contributed by atoms with Crippen LogP contribution in [0.5, 0.6) is 5.75 Å². The Hall–Kier alpha value is -2.87. The van der Waals surface area contributed by atoms with Crippen molar-refractivity contribution in [3.05, 3.63) is 94.6 Å². The summed E-state index contributed by atoms with van der Waals surface area (Å²) in [5, 5.41) is 0.753. The first-order valence-corrected chi connectivity index (χ1v) is 12.2. The number of carbonyl (C=O) groups excluding carboxylic acids is 1. The second-order valence-corrected chi connectivity index (χ2v) is 9.40. The van der Waals surface area contributed by atoms with Crippen LogP contribution in [0.2, 0.25) is 10.0 Å². The van der Waals surface area contributed by atoms with E-state index < -0.39 is 12.0 Å². The maximum absolute atomic E-state index is 13.7. The molecule has 0 saturated carbocycles. The third kappa shape index (κ3) is 4.43. The van der Waals surface area contributed by atoms with Crippen LogP contribution in [0.3, 0.4) is 0 Å². The van der Waals surface area contributed by atoms with Gasteiger partial charge in [0, 0.05) is 5.56 Å². The molecule has 1 aromatic heterocycles. The van der Waals surface area contributed by atoms with Gasteiger partial charge in [-0.15, -0.1) is 0 Å². The molecule has 1 aliphatic heterocycles. The van der Waals surface area contributed by atoms with Gasteiger partial charge in [-0.2, -0.15) is 0 Å². The van der Waals surface area contributed by atoms with Crippen molar-refractivity contribution in [3.8, 4) is 5.75 Å². The van der Waals surface area contributed by atoms with Gasteiger partial charge in [-0.05, 0) is 37.1 Å². The van der Waals surface area contributed by atoms with E-state index in [2.05, 4.69) is 4.99 Å². The molecule has 0 spiro atoms. The van der Waals surface area contributed by atoms with E-state index in [0.717, 1.165) is 6.42 Å². The molecule has 0 bridgehead atoms. The molecule has 0 N–H and O–H groups in total. The molecule has 6 nitrogen and oxygen atoms in total. The second kappa shape index (κ2) is 10.2. The van der Waals surface area contributed by atoms with Crippen LogP contribution >= 0.6 is 34.5 Å². The molecule has 3 aromatic rings. The molecule has 0 fully saturated rings. The molecule has 1 atom stereocenters. The number of benzene rings is 2. The average molecular weight is 517 g/mol. The Kier molecular flexibility index (Phi) is 7.26. The van der Waals surface area contributed by atoms with Crippen LogP contribution in [0.1, 0.15) is 37.4 Å². The molecular weight excluding hydrogens is 495 g/mol. The van der Waals surface area contributed by atoms with Crippen molar-refractivity contribution in [3.63, 3.8) is 0 Å². The summed E-state index contributed by atoms with van der Waals surface area (Å²) >= 11 is 13.7. The Morgan fingerprint density at radius 3 is 2.71 bits per heavy atom. The van der Waals surface area contributed by atoms with Crippen molar-refractivity contribution in [1.29, 1.82) is 0 Å². The van der Waals surface area contributed by atoms with Gasteiger partial charge >= 0.3 is 5.97 Å². The lowest BCUT2D eigenvalue weighted by molar-refractivity contribution is -0.136. The van der Waals surface area contributed by atoms with Crippen LogP contribution in [0.4, 0.5) is 0 Å². The fourth-order valence-corrected chi connectivity index (χ4v) is 5.21. The van der Waals surface area contributed by atoms with Gasteiger partial charge in [-0.25, -0.2) is 9.79 Å². The lowest BCUT2D eigenvalue weighted by Gasteiger charge is -2.26. The molecule has 0 radical (unpaired) electrons. The Morgan fingerprint density at radius 1 is 1.21 bits per heavy atom. The third-order valence-corrected chi connectivity index (χ3v) is 7.19. The molecular formula is C25H22Cl2N2O4S. The molecule has 176 valence electrons. The summed E-state index contributed by atoms with van der Waals surface area (Å²) in [7, 11) is 1.31. The third-order valence-electron chi connectivity index (χ3n) is 5.37. The van der Waals surface area contributed by atoms with Gasteiger partial charge in [0.2, 0.25) is 0 Å². The minimum absolute atomic E-state index is 0.287. The summed E-state index contributed by atoms with van der Waals surface area (Å²) in [6, 6.07) is 11.9. The Labute approximate surface area is 210 Å². The maximum atomic E-state index is 13.7. The summed E-state index contributed by atoms with van der Waals surface area (Å²) in [5.41, 5.74) is 1.76. The van der Waals surface area contributed by atoms with Gasteiger partial charge in [0.1, 0.15) is 11.8 Å². The number of allylic oxidation sites excluding steroid dienone is 1. The Morgan fingerprint density at radius 2 is 1.97 bits per heavy atom. The molecule has 0 amide bonds. The van der Waals surface area contributed by atoms with Crippen molar-refractivity contribution in [2.24, 2.45) is 4.99 Å². The van der Waals surface area contributed by atoms with E-state index in [0.29, 0.717) is 48.6 Å². The monoisotopic (exact) mass is 516 g/mol. The number of thiazole rings is 1. The molecule has 4 rings (SSSR count). The zero-order chi connectivity index (χ0) is 24.4. The van der Waals surface area contributed by atoms with Crippen molar-refractivity contribution < 1.29 is 14.3 Å². The number of para-hydroxylation sites is 1. The fourth-order valence-electron chi connectivity index (χ4n) is 3.81. The number of rotatable bonds is 6. The zero-order valence-corrected chi connectivity index (χ0v) is 21.1. The highest BCUT2D eigenvalue weighted by Gasteiger charge is 2.34. The maximum Gasteiger partial charge on any atom is 0.338 e. The van der Waals surface area contributed by atoms with E-state index in [1.807, 2.05) is 31.2 Å². The number of nitrogens with zero attached hydrogens (tertiary/aromatic N) is 2. The van der Waals surface area contributed by atoms with E-state index in [4.69, 9.17) is 32.7 Å². The number of esters is 1. The van der Waals surface area contributed by atoms with E-state index in [1.165, 1.54) is 23.0 Å². The smallest absolute Gasteiger partial charge is 0.338 e. The second-order valence-electron chi connectivity index (χ2n) is 7.60. The molecule has 34 heavy (non-hydrogen) atoms. The predicted molar refractivity (Wildman–Crippen MR) is 134 cm³/mol. The minimum atomic E-state index is -0.756. The summed E-state index contributed by atoms with van der Waals surface area (Å²) in [4.78, 5) is 31.6. The SMILES string of the molecule is CCCOc1ccccc1[C@H]1C(C(=O)OC)=C(C)N=c2s/c(=C/c3cccc(Cl)c3Cl)c(=O)n21. The van der Waals surface area contributed by atoms with Crippen molar-refractivity contribution >= 4 is 46.6 Å². The highest BCUT2D eigenvalue weighted by atomic mass is 35.5. The summed E-state index contributed by atoms with van der Waals surface area (Å²) in [5.74, 6) is 0.0432. The molecule has 0 unspecified atom stereocenters. The Bertz CT molecular complexity index is 1470. The van der Waals surface area contributed by atoms with E-state index in [9.17, 15) is 9.59 Å². The van der Waals surface area contributed by atoms with Gasteiger partial charge in [-0.3, -0.25) is 9.36 Å². The van der Waals surface area contributed by atoms with Crippen LogP contribution in [0.25, 0.3) is 6.08 Å². The molecule has 2 heterocycles. The number of hydrogen-bond acceptors (Lipinski definition) is 6. The predicted octanol–water partition coefficient (Wildman–Crippen LogP) is 4.50. The average Bonchev–Trinajstić information content (AvgIpc) is 3.14. The van der Waals surface area contributed by atoms with Crippen LogP contribution in [-0.4, -0.2) is 24.3 Å². The molecule has 1 aliphatic rings. The number of aromatic nitrogens is 1. The molecule has 0 aliphatic carbocycles. The number of carbonyl (C=O) groups is 1. The highest BCUT2D eigenvalue weighted by Crippen LogP contribution is 2.35. The van der Waals surface area contributed by atoms with Crippen LogP contribution in [0.15, 0.2) is 63.5 Å². The van der Waals surface area contributed by atoms with Crippen molar-refractivity contribution in [2.45, 2.75) is 26.3 Å². The van der Waals surface area contributed by atoms with E-state index >= 15 is 0 Å². The topological polar surface area (TPSA) is 69.9 Å². The lowest BCUT2D eigenvalue weighted by Crippen LogP contribution is -2.40. The first-order chi connectivity index (χ1) is 16.4. The molecule has 0 saturated heterocycles. The quantitative estimate of drug-likeness (QED) is 0.452. The van der Waals surface area contributed by atoms with Gasteiger partial charge in [0.15, 0.2) is 4.80 Å². The number of halogens is 2. The summed E-state index contributed by atoms with van der Waals surface area (Å²) < 4.78 is 13.0. The fraction of sp³-hybridized carbons (Fsp3) is 0.240. The standard InChI is InChI=1S/C25H22Cl2N2O4S/c1-4-12-33-18-11-6-5-9-16(18)22-20(24(31)32-3)14(2)28-25-29(22)23(30)19(34-25)13-15-8-7-10-17(26)21(15)27/h5-11,13,22H,4,12H2,1-3H3/b19-13+/t22-/m0/s1. The van der Waals surface area contributed by atoms with Crippen molar-refractivity contribution in [2.75, 3.05) is 13.7 Å². The van der Waals surface area contributed by atoms with Gasteiger partial charge in [-0.1, -0.05) is 71.8 Å². The molecule has 9 heteroatoms.